The van der Waals surface area contributed by atoms with Crippen molar-refractivity contribution in [2.75, 3.05) is 0 Å². The van der Waals surface area contributed by atoms with Crippen LogP contribution in [0.5, 0.6) is 5.75 Å². The van der Waals surface area contributed by atoms with Gasteiger partial charge < -0.3 is 9.57 Å². The van der Waals surface area contributed by atoms with E-state index < -0.39 is 5.97 Å². The summed E-state index contributed by atoms with van der Waals surface area (Å²) in [4.78, 5) is 16.2. The molecule has 1 aliphatic rings. The van der Waals surface area contributed by atoms with E-state index in [9.17, 15) is 4.79 Å². The van der Waals surface area contributed by atoms with E-state index in [1.807, 2.05) is 0 Å². The van der Waals surface area contributed by atoms with Crippen molar-refractivity contribution < 1.29 is 14.4 Å². The van der Waals surface area contributed by atoms with Crippen molar-refractivity contribution in [3.63, 3.8) is 0 Å². The Bertz CT molecular complexity index is 906. The largest absolute Gasteiger partial charge is 0.487 e. The molecule has 25 heavy (non-hydrogen) atoms. The zero-order valence-corrected chi connectivity index (χ0v) is 15.3. The van der Waals surface area contributed by atoms with Crippen LogP contribution >= 0.6 is 34.8 Å². The van der Waals surface area contributed by atoms with Gasteiger partial charge in [-0.25, -0.2) is 4.79 Å². The molecule has 128 valence electrons. The van der Waals surface area contributed by atoms with Crippen LogP contribution in [0.25, 0.3) is 6.08 Å². The fourth-order valence-electron chi connectivity index (χ4n) is 2.20. The van der Waals surface area contributed by atoms with Crippen molar-refractivity contribution in [2.45, 2.75) is 13.5 Å². The van der Waals surface area contributed by atoms with Crippen LogP contribution in [0.4, 0.5) is 0 Å². The van der Waals surface area contributed by atoms with E-state index in [0.29, 0.717) is 32.1 Å². The third-order valence-electron chi connectivity index (χ3n) is 3.54. The first kappa shape index (κ1) is 17.8. The molecule has 0 aromatic heterocycles. The number of nitrogens with zero attached hydrogens (tertiary/aromatic N) is 1. The minimum absolute atomic E-state index is 0.258. The quantitative estimate of drug-likeness (QED) is 0.503. The molecule has 2 aromatic carbocycles. The zero-order valence-electron chi connectivity index (χ0n) is 13.1. The molecule has 0 fully saturated rings. The van der Waals surface area contributed by atoms with Gasteiger partial charge in [-0.2, -0.15) is 0 Å². The van der Waals surface area contributed by atoms with Crippen LogP contribution in [0.3, 0.4) is 0 Å². The highest BCUT2D eigenvalue weighted by Gasteiger charge is 2.21. The van der Waals surface area contributed by atoms with Crippen molar-refractivity contribution >= 4 is 52.6 Å². The Morgan fingerprint density at radius 2 is 1.92 bits per heavy atom. The molecule has 0 saturated carbocycles. The molecular weight excluding hydrogens is 385 g/mol. The predicted octanol–water partition coefficient (Wildman–Crippen LogP) is 5.54. The van der Waals surface area contributed by atoms with E-state index >= 15 is 0 Å². The Labute approximate surface area is 159 Å². The van der Waals surface area contributed by atoms with Gasteiger partial charge in [0.05, 0.1) is 16.3 Å². The highest BCUT2D eigenvalue weighted by Crippen LogP contribution is 2.29. The minimum Gasteiger partial charge on any atom is -0.487 e. The van der Waals surface area contributed by atoms with Gasteiger partial charge >= 0.3 is 5.97 Å². The van der Waals surface area contributed by atoms with E-state index in [0.717, 1.165) is 11.1 Å². The van der Waals surface area contributed by atoms with Crippen molar-refractivity contribution in [3.8, 4) is 5.75 Å². The summed E-state index contributed by atoms with van der Waals surface area (Å²) >= 11 is 18.3. The molecule has 1 aliphatic heterocycles. The Balaban J connectivity index is 1.75. The lowest BCUT2D eigenvalue weighted by atomic mass is 10.1. The summed E-state index contributed by atoms with van der Waals surface area (Å²) in [6.45, 7) is 1.96. The van der Waals surface area contributed by atoms with Crippen molar-refractivity contribution in [3.05, 3.63) is 68.2 Å². The molecule has 0 amide bonds. The molecule has 1 heterocycles. The molecule has 0 unspecified atom stereocenters. The highest BCUT2D eigenvalue weighted by atomic mass is 35.5. The van der Waals surface area contributed by atoms with Crippen molar-refractivity contribution in [1.29, 1.82) is 0 Å². The van der Waals surface area contributed by atoms with Gasteiger partial charge in [0, 0.05) is 15.6 Å². The summed E-state index contributed by atoms with van der Waals surface area (Å²) in [7, 11) is 0. The molecule has 0 N–H and O–H groups in total. The van der Waals surface area contributed by atoms with Crippen molar-refractivity contribution in [2.24, 2.45) is 5.16 Å². The molecule has 0 aliphatic carbocycles. The normalized spacial score (nSPS) is 15.3. The number of carbonyl (C=O) groups excluding carboxylic acids is 1. The second-order valence-electron chi connectivity index (χ2n) is 5.33. The van der Waals surface area contributed by atoms with Crippen LogP contribution in [0.15, 0.2) is 47.1 Å². The van der Waals surface area contributed by atoms with Gasteiger partial charge in [-0.1, -0.05) is 52.1 Å². The number of oxime groups is 1. The SMILES string of the molecule is CC1=NOC(=O)/C1=C/c1ccc(OCc2ccc(Cl)cc2Cl)c(Cl)c1. The first-order chi connectivity index (χ1) is 11.9. The number of rotatable bonds is 4. The molecule has 0 bridgehead atoms. The Morgan fingerprint density at radius 1 is 1.12 bits per heavy atom. The molecule has 2 aromatic rings. The van der Waals surface area contributed by atoms with Gasteiger partial charge in [0.1, 0.15) is 12.4 Å². The lowest BCUT2D eigenvalue weighted by Crippen LogP contribution is -2.01. The van der Waals surface area contributed by atoms with Gasteiger partial charge in [-0.05, 0) is 42.8 Å². The molecule has 0 spiro atoms. The van der Waals surface area contributed by atoms with Crippen LogP contribution in [-0.2, 0) is 16.2 Å². The van der Waals surface area contributed by atoms with E-state index in [-0.39, 0.29) is 6.61 Å². The topological polar surface area (TPSA) is 47.9 Å². The zero-order chi connectivity index (χ0) is 18.0. The van der Waals surface area contributed by atoms with Crippen LogP contribution in [-0.4, -0.2) is 11.7 Å². The Kier molecular flexibility index (Phi) is 5.33. The number of halogens is 3. The van der Waals surface area contributed by atoms with E-state index in [1.165, 1.54) is 0 Å². The molecule has 4 nitrogen and oxygen atoms in total. The van der Waals surface area contributed by atoms with Gasteiger partial charge in [0.2, 0.25) is 0 Å². The maximum Gasteiger partial charge on any atom is 0.367 e. The summed E-state index contributed by atoms with van der Waals surface area (Å²) in [6, 6.07) is 10.4. The average Bonchev–Trinajstić information content (AvgIpc) is 2.87. The molecule has 7 heteroatoms. The summed E-state index contributed by atoms with van der Waals surface area (Å²) in [6.07, 6.45) is 1.67. The predicted molar refractivity (Wildman–Crippen MR) is 99.4 cm³/mol. The number of carbonyl (C=O) groups is 1. The Morgan fingerprint density at radius 3 is 2.56 bits per heavy atom. The number of benzene rings is 2. The number of hydrogen-bond donors (Lipinski definition) is 0. The maximum atomic E-state index is 11.6. The van der Waals surface area contributed by atoms with Gasteiger partial charge in [-0.3, -0.25) is 0 Å². The third kappa shape index (κ3) is 4.15. The summed E-state index contributed by atoms with van der Waals surface area (Å²) in [5, 5.41) is 5.14. The smallest absolute Gasteiger partial charge is 0.367 e. The van der Waals surface area contributed by atoms with Gasteiger partial charge in [-0.15, -0.1) is 0 Å². The molecule has 3 rings (SSSR count). The first-order valence-electron chi connectivity index (χ1n) is 7.28. The maximum absolute atomic E-state index is 11.6. The lowest BCUT2D eigenvalue weighted by Gasteiger charge is -2.10. The molecule has 0 atom stereocenters. The third-order valence-corrected chi connectivity index (χ3v) is 4.42. The van der Waals surface area contributed by atoms with E-state index in [1.54, 1.807) is 49.4 Å². The average molecular weight is 397 g/mol. The number of hydrogen-bond acceptors (Lipinski definition) is 4. The minimum atomic E-state index is -0.480. The van der Waals surface area contributed by atoms with Crippen LogP contribution < -0.4 is 4.74 Å². The molecule has 0 saturated heterocycles. The summed E-state index contributed by atoms with van der Waals surface area (Å²) in [5.74, 6) is 0.0283. The second-order valence-corrected chi connectivity index (χ2v) is 6.58. The van der Waals surface area contributed by atoms with Gasteiger partial charge in [0.15, 0.2) is 0 Å². The number of ether oxygens (including phenoxy) is 1. The fourth-order valence-corrected chi connectivity index (χ4v) is 2.91. The Hall–Kier alpha value is -2.01. The monoisotopic (exact) mass is 395 g/mol. The lowest BCUT2D eigenvalue weighted by molar-refractivity contribution is -0.136. The standard InChI is InChI=1S/C18H12Cl3NO3/c1-10-14(18(23)25-22-10)6-11-2-5-17(16(21)7-11)24-9-12-3-4-13(19)8-15(12)20/h2-8H,9H2,1H3/b14-6+. The first-order valence-corrected chi connectivity index (χ1v) is 8.42. The fraction of sp³-hybridized carbons (Fsp3) is 0.111. The molecular formula is C18H12Cl3NO3. The van der Waals surface area contributed by atoms with Crippen LogP contribution in [0, 0.1) is 0 Å². The van der Waals surface area contributed by atoms with Crippen molar-refractivity contribution in [1.82, 2.24) is 0 Å². The highest BCUT2D eigenvalue weighted by molar-refractivity contribution is 6.35. The van der Waals surface area contributed by atoms with Gasteiger partial charge in [0.25, 0.3) is 0 Å². The van der Waals surface area contributed by atoms with E-state index in [2.05, 4.69) is 9.99 Å². The second kappa shape index (κ2) is 7.48. The summed E-state index contributed by atoms with van der Waals surface area (Å²) in [5.41, 5.74) is 2.47. The molecule has 0 radical (unpaired) electrons. The van der Waals surface area contributed by atoms with Crippen LogP contribution in [0.1, 0.15) is 18.1 Å². The summed E-state index contributed by atoms with van der Waals surface area (Å²) < 4.78 is 5.72. The van der Waals surface area contributed by atoms with E-state index in [4.69, 9.17) is 39.5 Å². The van der Waals surface area contributed by atoms with Crippen LogP contribution in [0.2, 0.25) is 15.1 Å².